The number of benzene rings is 1. The number of fused-ring (bicyclic) bond motifs is 5. The number of morpholine rings is 1. The lowest BCUT2D eigenvalue weighted by Gasteiger charge is -2.34. The number of ether oxygens (including phenoxy) is 1. The van der Waals surface area contributed by atoms with Crippen molar-refractivity contribution in [1.29, 1.82) is 0 Å². The number of halogens is 3. The minimum absolute atomic E-state index is 0.0103. The minimum Gasteiger partial charge on any atom is -0.375 e. The van der Waals surface area contributed by atoms with Crippen LogP contribution in [0.4, 0.5) is 18.9 Å². The Balaban J connectivity index is 1.69. The number of H-pyrrole nitrogens is 2. The van der Waals surface area contributed by atoms with Crippen molar-refractivity contribution in [2.75, 3.05) is 24.6 Å². The summed E-state index contributed by atoms with van der Waals surface area (Å²) in [6.45, 7) is 3.97. The number of aromatic nitrogens is 5. The number of alkyl halides is 3. The van der Waals surface area contributed by atoms with Crippen molar-refractivity contribution in [3.8, 4) is 11.3 Å². The molecule has 1 saturated heterocycles. The molecular weight excluding hydrogens is 433 g/mol. The molecule has 2 aliphatic rings. The zero-order valence-corrected chi connectivity index (χ0v) is 18.1. The highest BCUT2D eigenvalue weighted by Gasteiger charge is 2.38. The van der Waals surface area contributed by atoms with E-state index in [1.807, 2.05) is 13.0 Å². The summed E-state index contributed by atoms with van der Waals surface area (Å²) in [6, 6.07) is 2.01. The molecule has 1 fully saturated rings. The van der Waals surface area contributed by atoms with Crippen LogP contribution in [0.15, 0.2) is 18.5 Å². The van der Waals surface area contributed by atoms with Crippen LogP contribution >= 0.6 is 0 Å². The molecule has 7 nitrogen and oxygen atoms in total. The Morgan fingerprint density at radius 1 is 1.18 bits per heavy atom. The molecule has 4 heterocycles. The van der Waals surface area contributed by atoms with Crippen LogP contribution in [-0.4, -0.2) is 51.2 Å². The van der Waals surface area contributed by atoms with Gasteiger partial charge in [-0.3, -0.25) is 10.2 Å². The summed E-state index contributed by atoms with van der Waals surface area (Å²) >= 11 is 0. The number of anilines is 1. The van der Waals surface area contributed by atoms with Gasteiger partial charge < -0.3 is 9.64 Å². The first-order valence-corrected chi connectivity index (χ1v) is 11.2. The fourth-order valence-corrected chi connectivity index (χ4v) is 5.29. The molecule has 1 aromatic carbocycles. The fourth-order valence-electron chi connectivity index (χ4n) is 5.29. The molecule has 6 rings (SSSR count). The first-order valence-electron chi connectivity index (χ1n) is 11.2. The quantitative estimate of drug-likeness (QED) is 0.460. The topological polar surface area (TPSA) is 82.7 Å². The van der Waals surface area contributed by atoms with E-state index in [-0.39, 0.29) is 11.7 Å². The van der Waals surface area contributed by atoms with E-state index in [1.165, 1.54) is 6.20 Å². The lowest BCUT2D eigenvalue weighted by Crippen LogP contribution is -2.41. The molecular formula is C23H23F3N6O. The second-order valence-corrected chi connectivity index (χ2v) is 8.85. The highest BCUT2D eigenvalue weighted by atomic mass is 19.4. The van der Waals surface area contributed by atoms with E-state index in [2.05, 4.69) is 25.3 Å². The second-order valence-electron chi connectivity index (χ2n) is 8.85. The van der Waals surface area contributed by atoms with Crippen LogP contribution in [0, 0.1) is 0 Å². The number of nitrogens with one attached hydrogen (secondary N) is 2. The highest BCUT2D eigenvalue weighted by molar-refractivity contribution is 6.13. The van der Waals surface area contributed by atoms with Crippen LogP contribution in [-0.2, 0) is 23.8 Å². The van der Waals surface area contributed by atoms with E-state index >= 15 is 0 Å². The number of hydrogen-bond donors (Lipinski definition) is 2. The van der Waals surface area contributed by atoms with Crippen LogP contribution in [0.1, 0.15) is 36.6 Å². The molecule has 10 heteroatoms. The van der Waals surface area contributed by atoms with E-state index in [4.69, 9.17) is 9.72 Å². The molecule has 2 N–H and O–H groups in total. The smallest absolute Gasteiger partial charge is 0.375 e. The van der Waals surface area contributed by atoms with Crippen molar-refractivity contribution < 1.29 is 17.9 Å². The number of aromatic amines is 2. The van der Waals surface area contributed by atoms with Gasteiger partial charge in [0.25, 0.3) is 0 Å². The molecule has 0 spiro atoms. The number of rotatable bonds is 2. The number of nitrogens with zero attached hydrogens (tertiary/aromatic N) is 4. The Morgan fingerprint density at radius 3 is 2.79 bits per heavy atom. The van der Waals surface area contributed by atoms with Gasteiger partial charge in [0.15, 0.2) is 5.69 Å². The average Bonchev–Trinajstić information content (AvgIpc) is 3.47. The van der Waals surface area contributed by atoms with Crippen LogP contribution in [0.2, 0.25) is 0 Å². The molecule has 1 aliphatic heterocycles. The second kappa shape index (κ2) is 7.44. The maximum atomic E-state index is 13.7. The molecule has 0 amide bonds. The van der Waals surface area contributed by atoms with Crippen molar-refractivity contribution in [2.45, 2.75) is 44.9 Å². The zero-order valence-electron chi connectivity index (χ0n) is 18.1. The summed E-state index contributed by atoms with van der Waals surface area (Å²) in [5, 5.41) is 15.2. The van der Waals surface area contributed by atoms with Gasteiger partial charge in [0.05, 0.1) is 46.9 Å². The Bertz CT molecular complexity index is 1360. The van der Waals surface area contributed by atoms with Gasteiger partial charge in [0.2, 0.25) is 0 Å². The third-order valence-electron chi connectivity index (χ3n) is 6.72. The van der Waals surface area contributed by atoms with Gasteiger partial charge in [-0.25, -0.2) is 4.98 Å². The van der Waals surface area contributed by atoms with Crippen molar-refractivity contribution in [3.05, 3.63) is 35.3 Å². The van der Waals surface area contributed by atoms with Gasteiger partial charge in [-0.05, 0) is 49.8 Å². The van der Waals surface area contributed by atoms with Gasteiger partial charge in [-0.15, -0.1) is 0 Å². The third-order valence-corrected chi connectivity index (χ3v) is 6.72. The third kappa shape index (κ3) is 3.26. The van der Waals surface area contributed by atoms with Crippen LogP contribution < -0.4 is 4.90 Å². The van der Waals surface area contributed by atoms with Crippen molar-refractivity contribution in [3.63, 3.8) is 0 Å². The normalized spacial score (nSPS) is 19.4. The van der Waals surface area contributed by atoms with Crippen molar-refractivity contribution >= 4 is 27.5 Å². The molecule has 0 radical (unpaired) electrons. The summed E-state index contributed by atoms with van der Waals surface area (Å²) in [5.41, 5.74) is 3.93. The molecule has 4 aromatic rings. The van der Waals surface area contributed by atoms with E-state index in [9.17, 15) is 13.2 Å². The Kier molecular flexibility index (Phi) is 4.62. The summed E-state index contributed by atoms with van der Waals surface area (Å²) < 4.78 is 47.0. The first kappa shape index (κ1) is 20.5. The molecule has 172 valence electrons. The number of hydrogen-bond acceptors (Lipinski definition) is 5. The molecule has 0 unspecified atom stereocenters. The van der Waals surface area contributed by atoms with E-state index in [0.29, 0.717) is 37.3 Å². The summed E-state index contributed by atoms with van der Waals surface area (Å²) in [7, 11) is 0. The zero-order chi connectivity index (χ0) is 22.7. The largest absolute Gasteiger partial charge is 0.435 e. The SMILES string of the molecule is C[C@H]1CN(c2cc3[nH]ncc3c3c4c(c(-c5c[nH]nc5C(F)(F)F)nc23)CCCC4)CCO1. The predicted molar refractivity (Wildman–Crippen MR) is 118 cm³/mol. The van der Waals surface area contributed by atoms with E-state index < -0.39 is 11.9 Å². The van der Waals surface area contributed by atoms with E-state index in [0.717, 1.165) is 52.4 Å². The summed E-state index contributed by atoms with van der Waals surface area (Å²) in [6.07, 6.45) is 1.98. The van der Waals surface area contributed by atoms with Gasteiger partial charge in [-0.2, -0.15) is 23.4 Å². The molecule has 0 saturated carbocycles. The van der Waals surface area contributed by atoms with Gasteiger partial charge in [0, 0.05) is 30.1 Å². The predicted octanol–water partition coefficient (Wildman–Crippen LogP) is 4.62. The maximum absolute atomic E-state index is 13.7. The number of aryl methyl sites for hydroxylation is 1. The Hall–Kier alpha value is -3.14. The lowest BCUT2D eigenvalue weighted by molar-refractivity contribution is -0.140. The fraction of sp³-hybridized carbons (Fsp3) is 0.435. The maximum Gasteiger partial charge on any atom is 0.435 e. The highest BCUT2D eigenvalue weighted by Crippen LogP contribution is 2.44. The molecule has 3 aromatic heterocycles. The lowest BCUT2D eigenvalue weighted by atomic mass is 9.85. The van der Waals surface area contributed by atoms with Gasteiger partial charge >= 0.3 is 6.18 Å². The standard InChI is InChI=1S/C23H23F3N6O/c1-12-11-32(6-7-33-12)18-8-17-15(9-27-30-17)19-13-4-2-3-5-14(13)20(29-21(18)19)16-10-28-31-22(16)23(24,25)26/h8-10,12H,2-7,11H2,1H3,(H,27,30)(H,28,31)/t12-/m0/s1. The first-order chi connectivity index (χ1) is 15.9. The van der Waals surface area contributed by atoms with Crippen molar-refractivity contribution in [1.82, 2.24) is 25.4 Å². The molecule has 0 bridgehead atoms. The average molecular weight is 456 g/mol. The van der Waals surface area contributed by atoms with Gasteiger partial charge in [0.1, 0.15) is 0 Å². The minimum atomic E-state index is -4.56. The van der Waals surface area contributed by atoms with Crippen LogP contribution in [0.3, 0.4) is 0 Å². The van der Waals surface area contributed by atoms with Crippen LogP contribution in [0.5, 0.6) is 0 Å². The molecule has 1 atom stereocenters. The monoisotopic (exact) mass is 456 g/mol. The van der Waals surface area contributed by atoms with E-state index in [1.54, 1.807) is 6.20 Å². The van der Waals surface area contributed by atoms with Crippen LogP contribution in [0.25, 0.3) is 33.1 Å². The Morgan fingerprint density at radius 2 is 2.00 bits per heavy atom. The van der Waals surface area contributed by atoms with Gasteiger partial charge in [-0.1, -0.05) is 0 Å². The summed E-state index contributed by atoms with van der Waals surface area (Å²) in [5.74, 6) is 0. The Labute approximate surface area is 187 Å². The summed E-state index contributed by atoms with van der Waals surface area (Å²) in [4.78, 5) is 7.16. The number of pyridine rings is 1. The van der Waals surface area contributed by atoms with Crippen molar-refractivity contribution in [2.24, 2.45) is 0 Å². The molecule has 33 heavy (non-hydrogen) atoms. The molecule has 1 aliphatic carbocycles.